The first-order valence-corrected chi connectivity index (χ1v) is 8.07. The monoisotopic (exact) mass is 389 g/mol. The first-order valence-electron chi connectivity index (χ1n) is 8.07. The number of alkyl carbamates (subject to hydrolysis) is 1. The summed E-state index contributed by atoms with van der Waals surface area (Å²) in [5.74, 6) is -2.63. The first kappa shape index (κ1) is 22.3. The Morgan fingerprint density at radius 2 is 1.59 bits per heavy atom. The molecule has 150 valence electrons. The van der Waals surface area contributed by atoms with Crippen molar-refractivity contribution in [2.45, 2.75) is 45.5 Å². The molecule has 0 aliphatic carbocycles. The third-order valence-electron chi connectivity index (χ3n) is 2.97. The van der Waals surface area contributed by atoms with E-state index in [4.69, 9.17) is 4.74 Å². The Kier molecular flexibility index (Phi) is 7.62. The number of anilines is 1. The summed E-state index contributed by atoms with van der Waals surface area (Å²) >= 11 is 0. The maximum absolute atomic E-state index is 12.0. The molecule has 0 aliphatic heterocycles. The highest BCUT2D eigenvalue weighted by Crippen LogP contribution is 2.14. The Morgan fingerprint density at radius 1 is 1.00 bits per heavy atom. The largest absolute Gasteiger partial charge is 0.471 e. The van der Waals surface area contributed by atoms with Crippen molar-refractivity contribution < 1.29 is 32.3 Å². The summed E-state index contributed by atoms with van der Waals surface area (Å²) in [4.78, 5) is 33.8. The molecule has 0 aliphatic rings. The molecule has 0 atom stereocenters. The summed E-state index contributed by atoms with van der Waals surface area (Å²) < 4.78 is 41.1. The van der Waals surface area contributed by atoms with Crippen molar-refractivity contribution in [1.29, 1.82) is 0 Å². The minimum absolute atomic E-state index is 0.229. The highest BCUT2D eigenvalue weighted by molar-refractivity contribution is 5.91. The van der Waals surface area contributed by atoms with Crippen LogP contribution in [0.15, 0.2) is 24.3 Å². The van der Waals surface area contributed by atoms with Gasteiger partial charge in [-0.1, -0.05) is 12.1 Å². The fourth-order valence-electron chi connectivity index (χ4n) is 1.81. The predicted molar refractivity (Wildman–Crippen MR) is 91.8 cm³/mol. The van der Waals surface area contributed by atoms with Gasteiger partial charge in [-0.05, 0) is 38.5 Å². The van der Waals surface area contributed by atoms with Crippen LogP contribution < -0.4 is 16.0 Å². The van der Waals surface area contributed by atoms with E-state index in [1.54, 1.807) is 50.4 Å². The molecule has 3 amide bonds. The van der Waals surface area contributed by atoms with Gasteiger partial charge in [0.1, 0.15) is 5.60 Å². The summed E-state index contributed by atoms with van der Waals surface area (Å²) in [6, 6.07) is 6.49. The summed E-state index contributed by atoms with van der Waals surface area (Å²) in [5, 5.41) is 6.69. The van der Waals surface area contributed by atoms with Crippen molar-refractivity contribution in [3.05, 3.63) is 29.8 Å². The van der Waals surface area contributed by atoms with Crippen molar-refractivity contribution in [2.24, 2.45) is 0 Å². The van der Waals surface area contributed by atoms with E-state index in [0.717, 1.165) is 5.56 Å². The molecule has 1 aromatic rings. The van der Waals surface area contributed by atoms with Gasteiger partial charge in [0, 0.05) is 25.2 Å². The number of benzene rings is 1. The number of ether oxygens (including phenoxy) is 1. The van der Waals surface area contributed by atoms with Crippen LogP contribution in [0.2, 0.25) is 0 Å². The van der Waals surface area contributed by atoms with Gasteiger partial charge in [-0.15, -0.1) is 0 Å². The van der Waals surface area contributed by atoms with Crippen LogP contribution in [0, 0.1) is 0 Å². The molecule has 0 saturated heterocycles. The van der Waals surface area contributed by atoms with Crippen molar-refractivity contribution >= 4 is 23.6 Å². The minimum Gasteiger partial charge on any atom is -0.444 e. The predicted octanol–water partition coefficient (Wildman–Crippen LogP) is 2.72. The Labute approximate surface area is 154 Å². The molecule has 0 bridgehead atoms. The zero-order chi connectivity index (χ0) is 20.7. The SMILES string of the molecule is CC(C)(C)OC(=O)NCc1ccc(NC(=O)CCNC(=O)C(F)(F)F)cc1. The fourth-order valence-corrected chi connectivity index (χ4v) is 1.81. The number of nitrogens with one attached hydrogen (secondary N) is 3. The lowest BCUT2D eigenvalue weighted by Gasteiger charge is -2.19. The van der Waals surface area contributed by atoms with Crippen molar-refractivity contribution in [3.8, 4) is 0 Å². The molecule has 10 heteroatoms. The Morgan fingerprint density at radius 3 is 2.11 bits per heavy atom. The van der Waals surface area contributed by atoms with Crippen LogP contribution in [0.4, 0.5) is 23.7 Å². The van der Waals surface area contributed by atoms with Gasteiger partial charge in [0.05, 0.1) is 0 Å². The third-order valence-corrected chi connectivity index (χ3v) is 2.97. The summed E-state index contributed by atoms with van der Waals surface area (Å²) in [6.45, 7) is 5.05. The van der Waals surface area contributed by atoms with Gasteiger partial charge in [0.25, 0.3) is 0 Å². The second kappa shape index (κ2) is 9.24. The smallest absolute Gasteiger partial charge is 0.444 e. The zero-order valence-corrected chi connectivity index (χ0v) is 15.2. The summed E-state index contributed by atoms with van der Waals surface area (Å²) in [5.41, 5.74) is 0.595. The molecule has 0 aromatic heterocycles. The second-order valence-electron chi connectivity index (χ2n) is 6.60. The van der Waals surface area contributed by atoms with E-state index in [2.05, 4.69) is 10.6 Å². The molecule has 0 radical (unpaired) electrons. The molecule has 3 N–H and O–H groups in total. The van der Waals surface area contributed by atoms with Crippen LogP contribution in [0.25, 0.3) is 0 Å². The molecule has 0 unspecified atom stereocenters. The van der Waals surface area contributed by atoms with Crippen LogP contribution in [0.5, 0.6) is 0 Å². The first-order chi connectivity index (χ1) is 12.4. The Bertz CT molecular complexity index is 667. The van der Waals surface area contributed by atoms with E-state index in [0.29, 0.717) is 5.69 Å². The molecule has 1 rings (SSSR count). The number of halogens is 3. The van der Waals surface area contributed by atoms with E-state index in [1.165, 1.54) is 0 Å². The topological polar surface area (TPSA) is 96.5 Å². The maximum Gasteiger partial charge on any atom is 0.471 e. The molecular formula is C17H22F3N3O4. The van der Waals surface area contributed by atoms with Gasteiger partial charge < -0.3 is 20.7 Å². The maximum atomic E-state index is 12.0. The minimum atomic E-state index is -4.97. The lowest BCUT2D eigenvalue weighted by atomic mass is 10.2. The van der Waals surface area contributed by atoms with Crippen LogP contribution in [0.1, 0.15) is 32.8 Å². The van der Waals surface area contributed by atoms with Crippen LogP contribution >= 0.6 is 0 Å². The average Bonchev–Trinajstić information content (AvgIpc) is 2.51. The van der Waals surface area contributed by atoms with Gasteiger partial charge in [0.15, 0.2) is 0 Å². The number of hydrogen-bond acceptors (Lipinski definition) is 4. The molecule has 0 spiro atoms. The summed E-state index contributed by atoms with van der Waals surface area (Å²) in [6.07, 6.45) is -5.83. The standard InChI is InChI=1S/C17H22F3N3O4/c1-16(2,3)27-15(26)22-10-11-4-6-12(7-5-11)23-13(24)8-9-21-14(25)17(18,19)20/h4-7H,8-10H2,1-3H3,(H,21,25)(H,22,26)(H,23,24). The van der Waals surface area contributed by atoms with Crippen molar-refractivity contribution in [2.75, 3.05) is 11.9 Å². The molecule has 27 heavy (non-hydrogen) atoms. The quantitative estimate of drug-likeness (QED) is 0.697. The Balaban J connectivity index is 2.38. The van der Waals surface area contributed by atoms with Gasteiger partial charge in [-0.25, -0.2) is 4.79 Å². The molecule has 1 aromatic carbocycles. The van der Waals surface area contributed by atoms with E-state index in [9.17, 15) is 27.6 Å². The number of carbonyl (C=O) groups excluding carboxylic acids is 3. The lowest BCUT2D eigenvalue weighted by molar-refractivity contribution is -0.173. The fraction of sp³-hybridized carbons (Fsp3) is 0.471. The van der Waals surface area contributed by atoms with E-state index in [1.807, 2.05) is 0 Å². The third kappa shape index (κ3) is 9.47. The van der Waals surface area contributed by atoms with E-state index in [-0.39, 0.29) is 13.0 Å². The van der Waals surface area contributed by atoms with Crippen molar-refractivity contribution in [3.63, 3.8) is 0 Å². The van der Waals surface area contributed by atoms with Gasteiger partial charge >= 0.3 is 18.2 Å². The number of carbonyl (C=O) groups is 3. The Hall–Kier alpha value is -2.78. The second-order valence-corrected chi connectivity index (χ2v) is 6.60. The molecule has 0 fully saturated rings. The number of rotatable bonds is 6. The molecule has 0 heterocycles. The molecule has 0 saturated carbocycles. The van der Waals surface area contributed by atoms with Gasteiger partial charge in [-0.2, -0.15) is 13.2 Å². The highest BCUT2D eigenvalue weighted by atomic mass is 19.4. The highest BCUT2D eigenvalue weighted by Gasteiger charge is 2.38. The van der Waals surface area contributed by atoms with Gasteiger partial charge in [0.2, 0.25) is 5.91 Å². The van der Waals surface area contributed by atoms with Crippen LogP contribution in [-0.2, 0) is 20.9 Å². The average molecular weight is 389 g/mol. The lowest BCUT2D eigenvalue weighted by Crippen LogP contribution is -2.38. The summed E-state index contributed by atoms with van der Waals surface area (Å²) in [7, 11) is 0. The van der Waals surface area contributed by atoms with Crippen molar-refractivity contribution in [1.82, 2.24) is 10.6 Å². The van der Waals surface area contributed by atoms with Gasteiger partial charge in [-0.3, -0.25) is 9.59 Å². The van der Waals surface area contributed by atoms with Crippen LogP contribution in [-0.4, -0.2) is 36.2 Å². The zero-order valence-electron chi connectivity index (χ0n) is 15.2. The molecular weight excluding hydrogens is 367 g/mol. The number of hydrogen-bond donors (Lipinski definition) is 3. The van der Waals surface area contributed by atoms with E-state index >= 15 is 0 Å². The molecule has 7 nitrogen and oxygen atoms in total. The number of amides is 3. The van der Waals surface area contributed by atoms with E-state index < -0.39 is 36.2 Å². The number of alkyl halides is 3. The van der Waals surface area contributed by atoms with Crippen LogP contribution in [0.3, 0.4) is 0 Å². The normalized spacial score (nSPS) is 11.5.